The molecule has 0 atom stereocenters. The monoisotopic (exact) mass is 452 g/mol. The smallest absolute Gasteiger partial charge is 0.243 e. The van der Waals surface area contributed by atoms with Gasteiger partial charge < -0.3 is 10.1 Å². The van der Waals surface area contributed by atoms with Gasteiger partial charge in [0.15, 0.2) is 0 Å². The normalized spacial score (nSPS) is 11.4. The first-order valence-corrected chi connectivity index (χ1v) is 11.9. The minimum absolute atomic E-state index is 0.0801. The van der Waals surface area contributed by atoms with Crippen LogP contribution in [0.2, 0.25) is 0 Å². The number of sulfonamides is 1. The molecule has 0 saturated heterocycles. The lowest BCUT2D eigenvalue weighted by Crippen LogP contribution is -2.37. The molecule has 3 rings (SSSR count). The molecule has 0 radical (unpaired) electrons. The summed E-state index contributed by atoms with van der Waals surface area (Å²) in [4.78, 5) is 12.9. The third kappa shape index (κ3) is 5.96. The third-order valence-electron chi connectivity index (χ3n) is 5.08. The van der Waals surface area contributed by atoms with Crippen molar-refractivity contribution in [3.05, 3.63) is 89.5 Å². The van der Waals surface area contributed by atoms with Gasteiger partial charge in [-0.25, -0.2) is 8.42 Å². The molecular formula is C25H28N2O4S. The molecule has 1 amide bonds. The number of amides is 1. The maximum atomic E-state index is 13.4. The van der Waals surface area contributed by atoms with Gasteiger partial charge in [-0.15, -0.1) is 0 Å². The van der Waals surface area contributed by atoms with E-state index in [4.69, 9.17) is 4.74 Å². The molecular weight excluding hydrogens is 424 g/mol. The fourth-order valence-corrected chi connectivity index (χ4v) is 4.60. The number of hydrogen-bond donors (Lipinski definition) is 1. The Hall–Kier alpha value is -3.16. The SMILES string of the molecule is CCOc1ccc(S(=O)(=O)N(CC(=O)Nc2ccc(C)c(C)c2)Cc2ccccc2)cc1. The number of benzene rings is 3. The standard InChI is InChI=1S/C25H28N2O4S/c1-4-31-23-12-14-24(15-13-23)32(29,30)27(17-21-8-6-5-7-9-21)18-25(28)26-22-11-10-19(2)20(3)16-22/h5-16H,4,17-18H2,1-3H3,(H,26,28). The highest BCUT2D eigenvalue weighted by Crippen LogP contribution is 2.22. The van der Waals surface area contributed by atoms with Crippen LogP contribution in [0.5, 0.6) is 5.75 Å². The second-order valence-corrected chi connectivity index (χ2v) is 9.45. The van der Waals surface area contributed by atoms with E-state index in [1.165, 1.54) is 16.4 Å². The maximum Gasteiger partial charge on any atom is 0.243 e. The molecule has 6 nitrogen and oxygen atoms in total. The number of anilines is 1. The van der Waals surface area contributed by atoms with Crippen LogP contribution >= 0.6 is 0 Å². The number of nitrogens with one attached hydrogen (secondary N) is 1. The van der Waals surface area contributed by atoms with E-state index < -0.39 is 15.9 Å². The van der Waals surface area contributed by atoms with Gasteiger partial charge in [-0.1, -0.05) is 36.4 Å². The molecule has 0 aromatic heterocycles. The molecule has 3 aromatic carbocycles. The average molecular weight is 453 g/mol. The van der Waals surface area contributed by atoms with Gasteiger partial charge in [-0.3, -0.25) is 4.79 Å². The Morgan fingerprint density at radius 2 is 1.62 bits per heavy atom. The maximum absolute atomic E-state index is 13.4. The molecule has 0 aliphatic heterocycles. The van der Waals surface area contributed by atoms with E-state index >= 15 is 0 Å². The summed E-state index contributed by atoms with van der Waals surface area (Å²) in [5, 5.41) is 2.81. The molecule has 32 heavy (non-hydrogen) atoms. The van der Waals surface area contributed by atoms with Crippen molar-refractivity contribution in [2.75, 3.05) is 18.5 Å². The Morgan fingerprint density at radius 1 is 0.938 bits per heavy atom. The van der Waals surface area contributed by atoms with Gasteiger partial charge >= 0.3 is 0 Å². The second-order valence-electron chi connectivity index (χ2n) is 7.51. The van der Waals surface area contributed by atoms with E-state index in [0.717, 1.165) is 16.7 Å². The summed E-state index contributed by atoms with van der Waals surface area (Å²) in [5.74, 6) is 0.187. The minimum atomic E-state index is -3.92. The van der Waals surface area contributed by atoms with Crippen LogP contribution in [-0.2, 0) is 21.4 Å². The summed E-state index contributed by atoms with van der Waals surface area (Å²) < 4.78 is 33.4. The Balaban J connectivity index is 1.85. The predicted octanol–water partition coefficient (Wildman–Crippen LogP) is 4.53. The zero-order valence-electron chi connectivity index (χ0n) is 18.5. The fourth-order valence-electron chi connectivity index (χ4n) is 3.22. The summed E-state index contributed by atoms with van der Waals surface area (Å²) in [6.07, 6.45) is 0. The Bertz CT molecular complexity index is 1160. The van der Waals surface area contributed by atoms with Gasteiger partial charge in [0.2, 0.25) is 15.9 Å². The third-order valence-corrected chi connectivity index (χ3v) is 6.89. The van der Waals surface area contributed by atoms with Crippen molar-refractivity contribution in [1.82, 2.24) is 4.31 Å². The van der Waals surface area contributed by atoms with E-state index in [9.17, 15) is 13.2 Å². The van der Waals surface area contributed by atoms with E-state index in [-0.39, 0.29) is 18.0 Å². The Labute approximate surface area is 189 Å². The zero-order valence-corrected chi connectivity index (χ0v) is 19.4. The van der Waals surface area contributed by atoms with Gasteiger partial charge in [0.25, 0.3) is 0 Å². The molecule has 3 aromatic rings. The predicted molar refractivity (Wildman–Crippen MR) is 126 cm³/mol. The quantitative estimate of drug-likeness (QED) is 0.518. The summed E-state index contributed by atoms with van der Waals surface area (Å²) in [5.41, 5.74) is 3.59. The molecule has 0 aliphatic carbocycles. The van der Waals surface area contributed by atoms with E-state index in [1.807, 2.05) is 69.3 Å². The lowest BCUT2D eigenvalue weighted by atomic mass is 10.1. The minimum Gasteiger partial charge on any atom is -0.494 e. The van der Waals surface area contributed by atoms with Crippen molar-refractivity contribution in [1.29, 1.82) is 0 Å². The lowest BCUT2D eigenvalue weighted by Gasteiger charge is -2.22. The first-order valence-electron chi connectivity index (χ1n) is 10.4. The molecule has 0 aliphatic rings. The molecule has 7 heteroatoms. The highest BCUT2D eigenvalue weighted by Gasteiger charge is 2.27. The van der Waals surface area contributed by atoms with Crippen molar-refractivity contribution in [3.8, 4) is 5.75 Å². The van der Waals surface area contributed by atoms with E-state index in [1.54, 1.807) is 12.1 Å². The largest absolute Gasteiger partial charge is 0.494 e. The first-order chi connectivity index (χ1) is 15.3. The highest BCUT2D eigenvalue weighted by atomic mass is 32.2. The van der Waals surface area contributed by atoms with Crippen LogP contribution in [-0.4, -0.2) is 31.8 Å². The van der Waals surface area contributed by atoms with Crippen LogP contribution in [0, 0.1) is 13.8 Å². The molecule has 168 valence electrons. The summed E-state index contributed by atoms with van der Waals surface area (Å²) in [6, 6.07) is 21.0. The number of rotatable bonds is 9. The molecule has 0 unspecified atom stereocenters. The first kappa shape index (κ1) is 23.5. The number of hydrogen-bond acceptors (Lipinski definition) is 4. The van der Waals surface area contributed by atoms with E-state index in [2.05, 4.69) is 5.32 Å². The molecule has 1 N–H and O–H groups in total. The Morgan fingerprint density at radius 3 is 2.25 bits per heavy atom. The fraction of sp³-hybridized carbons (Fsp3) is 0.240. The summed E-state index contributed by atoms with van der Waals surface area (Å²) >= 11 is 0. The zero-order chi connectivity index (χ0) is 23.1. The van der Waals surface area contributed by atoms with Gasteiger partial charge in [0.05, 0.1) is 18.0 Å². The van der Waals surface area contributed by atoms with Crippen LogP contribution < -0.4 is 10.1 Å². The van der Waals surface area contributed by atoms with Gasteiger partial charge in [-0.2, -0.15) is 4.31 Å². The number of carbonyl (C=O) groups excluding carboxylic acids is 1. The van der Waals surface area contributed by atoms with Crippen LogP contribution in [0.3, 0.4) is 0 Å². The lowest BCUT2D eigenvalue weighted by molar-refractivity contribution is -0.116. The molecule has 0 fully saturated rings. The van der Waals surface area contributed by atoms with Crippen molar-refractivity contribution >= 4 is 21.6 Å². The Kier molecular flexibility index (Phi) is 7.66. The van der Waals surface area contributed by atoms with Crippen LogP contribution in [0.15, 0.2) is 77.7 Å². The highest BCUT2D eigenvalue weighted by molar-refractivity contribution is 7.89. The molecule has 0 bridgehead atoms. The number of aryl methyl sites for hydroxylation is 2. The van der Waals surface area contributed by atoms with Crippen LogP contribution in [0.4, 0.5) is 5.69 Å². The van der Waals surface area contributed by atoms with Gasteiger partial charge in [0, 0.05) is 12.2 Å². The van der Waals surface area contributed by atoms with Gasteiger partial charge in [0.1, 0.15) is 5.75 Å². The van der Waals surface area contributed by atoms with Crippen molar-refractivity contribution < 1.29 is 17.9 Å². The summed E-state index contributed by atoms with van der Waals surface area (Å²) in [6.45, 7) is 6.08. The summed E-state index contributed by atoms with van der Waals surface area (Å²) in [7, 11) is -3.92. The topological polar surface area (TPSA) is 75.7 Å². The molecule has 0 spiro atoms. The molecule has 0 saturated carbocycles. The molecule has 0 heterocycles. The average Bonchev–Trinajstić information content (AvgIpc) is 2.77. The van der Waals surface area contributed by atoms with Crippen molar-refractivity contribution in [3.63, 3.8) is 0 Å². The van der Waals surface area contributed by atoms with Crippen molar-refractivity contribution in [2.24, 2.45) is 0 Å². The van der Waals surface area contributed by atoms with Crippen molar-refractivity contribution in [2.45, 2.75) is 32.2 Å². The van der Waals surface area contributed by atoms with Crippen LogP contribution in [0.25, 0.3) is 0 Å². The van der Waals surface area contributed by atoms with Crippen LogP contribution in [0.1, 0.15) is 23.6 Å². The van der Waals surface area contributed by atoms with Gasteiger partial charge in [-0.05, 0) is 73.9 Å². The number of carbonyl (C=O) groups is 1. The second kappa shape index (κ2) is 10.4. The van der Waals surface area contributed by atoms with E-state index in [0.29, 0.717) is 18.0 Å². The number of ether oxygens (including phenoxy) is 1. The number of nitrogens with zero attached hydrogens (tertiary/aromatic N) is 1.